The molecular weight excluding hydrogens is 658 g/mol. The van der Waals surface area contributed by atoms with Gasteiger partial charge in [0.2, 0.25) is 17.9 Å². The van der Waals surface area contributed by atoms with Crippen molar-refractivity contribution >= 4 is 29.4 Å². The molecule has 0 saturated carbocycles. The number of benzene rings is 1. The van der Waals surface area contributed by atoms with Gasteiger partial charge < -0.3 is 44.3 Å². The number of carbonyl (C=O) groups excluding carboxylic acids is 3. The zero-order valence-electron chi connectivity index (χ0n) is 27.9. The number of esters is 1. The van der Waals surface area contributed by atoms with Crippen molar-refractivity contribution in [3.63, 3.8) is 0 Å². The van der Waals surface area contributed by atoms with E-state index in [9.17, 15) is 34.5 Å². The van der Waals surface area contributed by atoms with E-state index in [1.165, 1.54) is 39.0 Å². The number of fused-ring (bicyclic) bond motifs is 3. The molecule has 13 nitrogen and oxygen atoms in total. The highest BCUT2D eigenvalue weighted by Gasteiger charge is 2.46. The van der Waals surface area contributed by atoms with E-state index in [-0.39, 0.29) is 53.6 Å². The number of rotatable bonds is 14. The maximum Gasteiger partial charge on any atom is 0.310 e. The van der Waals surface area contributed by atoms with Gasteiger partial charge in [0.05, 0.1) is 37.5 Å². The van der Waals surface area contributed by atoms with Crippen molar-refractivity contribution in [3.05, 3.63) is 58.5 Å². The summed E-state index contributed by atoms with van der Waals surface area (Å²) in [6.45, 7) is 4.73. The van der Waals surface area contributed by atoms with Crippen molar-refractivity contribution in [1.29, 1.82) is 0 Å². The van der Waals surface area contributed by atoms with Gasteiger partial charge in [-0.3, -0.25) is 19.2 Å². The Morgan fingerprint density at radius 3 is 2.41 bits per heavy atom. The zero-order chi connectivity index (χ0) is 35.8. The minimum absolute atomic E-state index is 0.0939. The number of hydrogen-bond donors (Lipinski definition) is 4. The summed E-state index contributed by atoms with van der Waals surface area (Å²) in [6, 6.07) is 6.25. The van der Waals surface area contributed by atoms with Crippen molar-refractivity contribution < 1.29 is 53.4 Å². The van der Waals surface area contributed by atoms with Gasteiger partial charge in [0.1, 0.15) is 24.1 Å². The number of amides is 1. The lowest BCUT2D eigenvalue weighted by Gasteiger charge is -2.40. The molecule has 49 heavy (non-hydrogen) atoms. The maximum atomic E-state index is 13.1. The Hall–Kier alpha value is -3.95. The first-order chi connectivity index (χ1) is 23.4. The van der Waals surface area contributed by atoms with Crippen molar-refractivity contribution in [2.45, 2.75) is 93.5 Å². The summed E-state index contributed by atoms with van der Waals surface area (Å²) in [5.41, 5.74) is 2.42. The van der Waals surface area contributed by atoms with Crippen LogP contribution in [-0.4, -0.2) is 84.2 Å². The summed E-state index contributed by atoms with van der Waals surface area (Å²) < 4.78 is 28.3. The second-order valence-electron chi connectivity index (χ2n) is 11.8. The van der Waals surface area contributed by atoms with Crippen LogP contribution in [0.25, 0.3) is 11.1 Å². The molecule has 6 atom stereocenters. The predicted molar refractivity (Wildman–Crippen MR) is 180 cm³/mol. The van der Waals surface area contributed by atoms with Crippen LogP contribution in [0.5, 0.6) is 17.2 Å². The number of aliphatic hydroxyl groups excluding tert-OH is 3. The van der Waals surface area contributed by atoms with Gasteiger partial charge in [-0.1, -0.05) is 12.6 Å². The molecule has 2 aliphatic rings. The molecule has 266 valence electrons. The Bertz CT molecular complexity index is 1610. The molecule has 0 bridgehead atoms. The van der Waals surface area contributed by atoms with E-state index in [1.54, 1.807) is 18.4 Å². The third-order valence-electron chi connectivity index (χ3n) is 8.52. The third-order valence-corrected chi connectivity index (χ3v) is 9.30. The van der Waals surface area contributed by atoms with Crippen LogP contribution in [0.15, 0.2) is 46.8 Å². The molecule has 2 aromatic rings. The lowest BCUT2D eigenvalue weighted by Crippen LogP contribution is -2.59. The van der Waals surface area contributed by atoms with Crippen LogP contribution in [0.2, 0.25) is 0 Å². The minimum Gasteiger partial charge on any atom is -0.492 e. The number of aryl methyl sites for hydroxylation is 1. The second kappa shape index (κ2) is 17.1. The molecule has 4 N–H and O–H groups in total. The molecular formula is C35H43NO12S. The Labute approximate surface area is 288 Å². The van der Waals surface area contributed by atoms with Gasteiger partial charge in [0, 0.05) is 31.7 Å². The number of methoxy groups -OCH3 is 2. The fourth-order valence-electron chi connectivity index (χ4n) is 6.18. The van der Waals surface area contributed by atoms with Gasteiger partial charge >= 0.3 is 5.97 Å². The third kappa shape index (κ3) is 8.81. The van der Waals surface area contributed by atoms with Gasteiger partial charge in [-0.15, -0.1) is 11.8 Å². The average Bonchev–Trinajstić information content (AvgIpc) is 3.31. The highest BCUT2D eigenvalue weighted by atomic mass is 32.2. The molecule has 1 aliphatic carbocycles. The summed E-state index contributed by atoms with van der Waals surface area (Å²) in [4.78, 5) is 50.1. The van der Waals surface area contributed by atoms with Crippen LogP contribution in [0.3, 0.4) is 0 Å². The topological polar surface area (TPSA) is 187 Å². The Kier molecular flexibility index (Phi) is 13.2. The molecule has 4 rings (SSSR count). The van der Waals surface area contributed by atoms with Crippen molar-refractivity contribution in [1.82, 2.24) is 5.32 Å². The van der Waals surface area contributed by atoms with Gasteiger partial charge in [-0.05, 0) is 66.8 Å². The Morgan fingerprint density at radius 2 is 1.76 bits per heavy atom. The van der Waals surface area contributed by atoms with Gasteiger partial charge in [-0.2, -0.15) is 0 Å². The molecule has 1 saturated heterocycles. The maximum absolute atomic E-state index is 13.1. The van der Waals surface area contributed by atoms with E-state index in [0.29, 0.717) is 47.3 Å². The van der Waals surface area contributed by atoms with Crippen LogP contribution in [0.1, 0.15) is 62.6 Å². The standard InChI is InChI=1S/C35H43NO12S/c1-6-46-28(40)10-8-7-9-20(38)16-25-30(41)31(42)32(43)35(47-25)48-26-15-19-11-13-23(36-18(2)37)22-17-24(39)27(49-5)14-12-21(22)29(19)34(45-4)33(26)44-3/h6,12,14-15,17,23,25,30-32,35,41-43H,1,7-11,13,16H2,2-5H3,(H,36,37)/t23-,25+,30+,31-,32+,35-/m0/s1. The number of carbonyl (C=O) groups is 3. The number of aliphatic hydroxyl groups is 3. The first-order valence-corrected chi connectivity index (χ1v) is 17.1. The number of Topliss-reactive ketones (excluding diaryl/α,β-unsaturated/α-hetero) is 1. The number of nitrogens with one attached hydrogen (secondary N) is 1. The average molecular weight is 702 g/mol. The van der Waals surface area contributed by atoms with E-state index in [0.717, 1.165) is 11.8 Å². The summed E-state index contributed by atoms with van der Waals surface area (Å²) in [6.07, 6.45) is -3.27. The molecule has 0 unspecified atom stereocenters. The van der Waals surface area contributed by atoms with E-state index in [1.807, 2.05) is 6.07 Å². The number of hydrogen-bond acceptors (Lipinski definition) is 13. The summed E-state index contributed by atoms with van der Waals surface area (Å²) >= 11 is 1.31. The number of thioether (sulfide) groups is 1. The highest BCUT2D eigenvalue weighted by molar-refractivity contribution is 7.98. The van der Waals surface area contributed by atoms with E-state index in [2.05, 4.69) is 16.6 Å². The van der Waals surface area contributed by atoms with E-state index < -0.39 is 42.7 Å². The van der Waals surface area contributed by atoms with Crippen LogP contribution >= 0.6 is 11.8 Å². The first-order valence-electron chi connectivity index (χ1n) is 15.9. The van der Waals surface area contributed by atoms with Gasteiger partial charge in [-0.25, -0.2) is 0 Å². The lowest BCUT2D eigenvalue weighted by molar-refractivity contribution is -0.272. The van der Waals surface area contributed by atoms with Crippen LogP contribution in [0.4, 0.5) is 0 Å². The van der Waals surface area contributed by atoms with Gasteiger partial charge in [0.25, 0.3) is 0 Å². The fourth-order valence-corrected chi connectivity index (χ4v) is 6.64. The van der Waals surface area contributed by atoms with Crippen molar-refractivity contribution in [2.75, 3.05) is 20.5 Å². The summed E-state index contributed by atoms with van der Waals surface area (Å²) in [7, 11) is 2.85. The largest absolute Gasteiger partial charge is 0.492 e. The molecule has 14 heteroatoms. The van der Waals surface area contributed by atoms with E-state index in [4.69, 9.17) is 18.9 Å². The molecule has 0 spiro atoms. The normalized spacial score (nSPS) is 22.8. The fraction of sp³-hybridized carbons (Fsp3) is 0.486. The van der Waals surface area contributed by atoms with Crippen molar-refractivity contribution in [3.8, 4) is 28.4 Å². The number of unbranched alkanes of at least 4 members (excludes halogenated alkanes) is 1. The first kappa shape index (κ1) is 37.9. The second-order valence-corrected chi connectivity index (χ2v) is 12.6. The minimum atomic E-state index is -1.70. The smallest absolute Gasteiger partial charge is 0.310 e. The molecule has 1 fully saturated rings. The predicted octanol–water partition coefficient (Wildman–Crippen LogP) is 2.97. The molecule has 0 radical (unpaired) electrons. The number of ether oxygens (including phenoxy) is 5. The van der Waals surface area contributed by atoms with Gasteiger partial charge in [0.15, 0.2) is 16.9 Å². The quantitative estimate of drug-likeness (QED) is 0.0976. The molecule has 1 aliphatic heterocycles. The lowest BCUT2D eigenvalue weighted by atomic mass is 9.94. The SMILES string of the molecule is C=COC(=O)CCCCC(=O)C[C@H]1O[C@@H](Oc2cc3c(c(OC)c2OC)-c2ccc(SC)c(=O)cc2[C@@H](NC(C)=O)CC3)[C@H](O)[C@@H](O)[C@@H]1O. The molecule has 1 heterocycles. The Morgan fingerprint density at radius 1 is 1.04 bits per heavy atom. The van der Waals surface area contributed by atoms with Crippen molar-refractivity contribution in [2.24, 2.45) is 0 Å². The highest BCUT2D eigenvalue weighted by Crippen LogP contribution is 2.51. The van der Waals surface area contributed by atoms with Crippen LogP contribution in [0, 0.1) is 0 Å². The Balaban J connectivity index is 1.66. The zero-order valence-corrected chi connectivity index (χ0v) is 28.7. The summed E-state index contributed by atoms with van der Waals surface area (Å²) in [5.74, 6) is -0.509. The molecule has 2 aromatic carbocycles. The molecule has 0 aromatic heterocycles. The van der Waals surface area contributed by atoms with Crippen LogP contribution in [-0.2, 0) is 30.3 Å². The van der Waals surface area contributed by atoms with Crippen LogP contribution < -0.4 is 25.0 Å². The number of ketones is 1. The summed E-state index contributed by atoms with van der Waals surface area (Å²) in [5, 5.41) is 35.2. The van der Waals surface area contributed by atoms with E-state index >= 15 is 0 Å². The molecule has 1 amide bonds. The monoisotopic (exact) mass is 701 g/mol.